The molecule has 2 heterocycles. The van der Waals surface area contributed by atoms with Crippen LogP contribution in [-0.4, -0.2) is 41.0 Å². The summed E-state index contributed by atoms with van der Waals surface area (Å²) < 4.78 is 0. The molecule has 1 aromatic rings. The van der Waals surface area contributed by atoms with E-state index in [0.717, 1.165) is 26.1 Å². The van der Waals surface area contributed by atoms with Gasteiger partial charge in [-0.2, -0.15) is 0 Å². The summed E-state index contributed by atoms with van der Waals surface area (Å²) in [7, 11) is 0. The molecule has 1 aromatic heterocycles. The maximum Gasteiger partial charge on any atom is 0.311 e. The summed E-state index contributed by atoms with van der Waals surface area (Å²) in [6, 6.07) is 2.82. The molecule has 1 saturated heterocycles. The van der Waals surface area contributed by atoms with E-state index in [-0.39, 0.29) is 17.3 Å². The summed E-state index contributed by atoms with van der Waals surface area (Å²) in [6.45, 7) is 4.00. The van der Waals surface area contributed by atoms with Gasteiger partial charge < -0.3 is 16.0 Å². The summed E-state index contributed by atoms with van der Waals surface area (Å²) in [6.07, 6.45) is 3.49. The van der Waals surface area contributed by atoms with Crippen molar-refractivity contribution in [2.45, 2.75) is 19.3 Å². The van der Waals surface area contributed by atoms with E-state index >= 15 is 0 Å². The number of nitrogen functional groups attached to an aromatic ring is 1. The van der Waals surface area contributed by atoms with Gasteiger partial charge in [-0.05, 0) is 45.0 Å². The highest BCUT2D eigenvalue weighted by molar-refractivity contribution is 5.59. The van der Waals surface area contributed by atoms with Gasteiger partial charge in [-0.3, -0.25) is 10.1 Å². The molecule has 2 rings (SSSR count). The first-order valence-corrected chi connectivity index (χ1v) is 6.54. The highest BCUT2D eigenvalue weighted by Crippen LogP contribution is 2.22. The second-order valence-electron chi connectivity index (χ2n) is 4.69. The third-order valence-electron chi connectivity index (χ3n) is 3.23. The Morgan fingerprint density at radius 2 is 2.16 bits per heavy atom. The number of rotatable bonds is 6. The Labute approximate surface area is 112 Å². The van der Waals surface area contributed by atoms with Crippen LogP contribution in [0.5, 0.6) is 0 Å². The van der Waals surface area contributed by atoms with Crippen LogP contribution in [0.25, 0.3) is 0 Å². The molecule has 0 amide bonds. The molecule has 3 N–H and O–H groups in total. The van der Waals surface area contributed by atoms with Gasteiger partial charge >= 0.3 is 5.69 Å². The van der Waals surface area contributed by atoms with Crippen LogP contribution in [0.15, 0.2) is 12.1 Å². The minimum Gasteiger partial charge on any atom is -0.384 e. The predicted molar refractivity (Wildman–Crippen MR) is 74.1 cm³/mol. The van der Waals surface area contributed by atoms with E-state index in [1.165, 1.54) is 25.0 Å². The Balaban J connectivity index is 1.84. The smallest absolute Gasteiger partial charge is 0.311 e. The van der Waals surface area contributed by atoms with Gasteiger partial charge in [0.25, 0.3) is 0 Å². The van der Waals surface area contributed by atoms with Crippen LogP contribution in [0.3, 0.4) is 0 Å². The lowest BCUT2D eigenvalue weighted by atomic mass is 10.3. The molecule has 0 aromatic carbocycles. The van der Waals surface area contributed by atoms with Crippen LogP contribution in [-0.2, 0) is 0 Å². The number of anilines is 2. The van der Waals surface area contributed by atoms with Crippen LogP contribution in [0.4, 0.5) is 17.3 Å². The van der Waals surface area contributed by atoms with Crippen molar-refractivity contribution in [3.63, 3.8) is 0 Å². The molecule has 1 aliphatic heterocycles. The molecule has 0 radical (unpaired) electrons. The average molecular weight is 265 g/mol. The van der Waals surface area contributed by atoms with Crippen molar-refractivity contribution in [3.05, 3.63) is 22.2 Å². The molecule has 7 heteroatoms. The molecule has 0 atom stereocenters. The summed E-state index contributed by atoms with van der Waals surface area (Å²) in [5, 5.41) is 13.9. The van der Waals surface area contributed by atoms with Crippen LogP contribution in [0, 0.1) is 10.1 Å². The number of aromatic nitrogens is 1. The Morgan fingerprint density at radius 3 is 2.84 bits per heavy atom. The van der Waals surface area contributed by atoms with Gasteiger partial charge in [-0.15, -0.1) is 0 Å². The van der Waals surface area contributed by atoms with Crippen molar-refractivity contribution < 1.29 is 4.92 Å². The molecule has 0 spiro atoms. The van der Waals surface area contributed by atoms with Gasteiger partial charge in [0.2, 0.25) is 5.82 Å². The number of pyridine rings is 1. The van der Waals surface area contributed by atoms with Crippen LogP contribution in [0.1, 0.15) is 19.3 Å². The van der Waals surface area contributed by atoms with Gasteiger partial charge in [-0.1, -0.05) is 0 Å². The van der Waals surface area contributed by atoms with Crippen LogP contribution >= 0.6 is 0 Å². The number of nitrogens with one attached hydrogen (secondary N) is 1. The third-order valence-corrected chi connectivity index (χ3v) is 3.23. The van der Waals surface area contributed by atoms with Gasteiger partial charge in [0, 0.05) is 12.6 Å². The molecular formula is C12H19N5O2. The zero-order valence-corrected chi connectivity index (χ0v) is 10.8. The number of nitro groups is 1. The van der Waals surface area contributed by atoms with E-state index < -0.39 is 4.92 Å². The SMILES string of the molecule is Nc1ccc([N+](=O)[O-])c(NCCCN2CCCC2)n1. The van der Waals surface area contributed by atoms with Crippen LogP contribution < -0.4 is 11.1 Å². The topological polar surface area (TPSA) is 97.3 Å². The van der Waals surface area contributed by atoms with Crippen molar-refractivity contribution in [3.8, 4) is 0 Å². The molecule has 0 saturated carbocycles. The number of nitrogens with zero attached hydrogens (tertiary/aromatic N) is 3. The first-order chi connectivity index (χ1) is 9.16. The summed E-state index contributed by atoms with van der Waals surface area (Å²) in [4.78, 5) is 16.8. The number of hydrogen-bond acceptors (Lipinski definition) is 6. The summed E-state index contributed by atoms with van der Waals surface area (Å²) in [5.74, 6) is 0.541. The first kappa shape index (κ1) is 13.5. The third kappa shape index (κ3) is 3.78. The first-order valence-electron chi connectivity index (χ1n) is 6.54. The van der Waals surface area contributed by atoms with Crippen molar-refractivity contribution in [2.75, 3.05) is 37.2 Å². The number of nitrogens with two attached hydrogens (primary N) is 1. The molecule has 7 nitrogen and oxygen atoms in total. The fourth-order valence-electron chi connectivity index (χ4n) is 2.26. The number of hydrogen-bond donors (Lipinski definition) is 2. The highest BCUT2D eigenvalue weighted by Gasteiger charge is 2.15. The minimum absolute atomic E-state index is 0.0321. The van der Waals surface area contributed by atoms with E-state index in [1.807, 2.05) is 0 Å². The zero-order chi connectivity index (χ0) is 13.7. The largest absolute Gasteiger partial charge is 0.384 e. The van der Waals surface area contributed by atoms with Crippen molar-refractivity contribution >= 4 is 17.3 Å². The molecule has 0 bridgehead atoms. The molecule has 0 aliphatic carbocycles. The Morgan fingerprint density at radius 1 is 1.42 bits per heavy atom. The molecule has 104 valence electrons. The van der Waals surface area contributed by atoms with E-state index in [0.29, 0.717) is 6.54 Å². The standard InChI is InChI=1S/C12H19N5O2/c13-11-5-4-10(17(18)19)12(15-11)14-6-3-9-16-7-1-2-8-16/h4-5H,1-3,6-9H2,(H3,13,14,15). The van der Waals surface area contributed by atoms with Crippen molar-refractivity contribution in [1.82, 2.24) is 9.88 Å². The van der Waals surface area contributed by atoms with Crippen molar-refractivity contribution in [2.24, 2.45) is 0 Å². The second kappa shape index (κ2) is 6.33. The van der Waals surface area contributed by atoms with Gasteiger partial charge in [0.1, 0.15) is 5.82 Å². The fraction of sp³-hybridized carbons (Fsp3) is 0.583. The lowest BCUT2D eigenvalue weighted by molar-refractivity contribution is -0.384. The molecule has 1 aliphatic rings. The molecular weight excluding hydrogens is 246 g/mol. The lowest BCUT2D eigenvalue weighted by Gasteiger charge is -2.14. The number of likely N-dealkylation sites (tertiary alicyclic amines) is 1. The molecule has 0 unspecified atom stereocenters. The molecule has 1 fully saturated rings. The van der Waals surface area contributed by atoms with E-state index in [4.69, 9.17) is 5.73 Å². The Hall–Kier alpha value is -1.89. The Bertz CT molecular complexity index is 446. The predicted octanol–water partition coefficient (Wildman–Crippen LogP) is 1.47. The van der Waals surface area contributed by atoms with Crippen molar-refractivity contribution in [1.29, 1.82) is 0 Å². The normalized spacial score (nSPS) is 15.6. The Kier molecular flexibility index (Phi) is 4.51. The average Bonchev–Trinajstić information content (AvgIpc) is 2.87. The summed E-state index contributed by atoms with van der Waals surface area (Å²) in [5.41, 5.74) is 5.52. The second-order valence-corrected chi connectivity index (χ2v) is 4.69. The summed E-state index contributed by atoms with van der Waals surface area (Å²) >= 11 is 0. The van der Waals surface area contributed by atoms with Crippen LogP contribution in [0.2, 0.25) is 0 Å². The maximum atomic E-state index is 10.9. The zero-order valence-electron chi connectivity index (χ0n) is 10.8. The van der Waals surface area contributed by atoms with E-state index in [9.17, 15) is 10.1 Å². The van der Waals surface area contributed by atoms with Gasteiger partial charge in [-0.25, -0.2) is 4.98 Å². The van der Waals surface area contributed by atoms with Gasteiger partial charge in [0.05, 0.1) is 4.92 Å². The monoisotopic (exact) mass is 265 g/mol. The molecule has 19 heavy (non-hydrogen) atoms. The quantitative estimate of drug-likeness (QED) is 0.459. The highest BCUT2D eigenvalue weighted by atomic mass is 16.6. The maximum absolute atomic E-state index is 10.9. The minimum atomic E-state index is -0.449. The van der Waals surface area contributed by atoms with E-state index in [2.05, 4.69) is 15.2 Å². The fourth-order valence-corrected chi connectivity index (χ4v) is 2.26. The van der Waals surface area contributed by atoms with E-state index in [1.54, 1.807) is 0 Å². The van der Waals surface area contributed by atoms with Gasteiger partial charge in [0.15, 0.2) is 0 Å². The lowest BCUT2D eigenvalue weighted by Crippen LogP contribution is -2.22.